The van der Waals surface area contributed by atoms with E-state index in [9.17, 15) is 9.59 Å². The molecule has 2 rings (SSSR count). The Kier molecular flexibility index (Phi) is 4.93. The molecule has 0 aromatic carbocycles. The molecule has 0 unspecified atom stereocenters. The second-order valence-corrected chi connectivity index (χ2v) is 5.25. The van der Waals surface area contributed by atoms with Gasteiger partial charge in [-0.1, -0.05) is 11.8 Å². The Morgan fingerprint density at radius 3 is 2.83 bits per heavy atom. The normalized spacial score (nSPS) is 14.3. The lowest BCUT2D eigenvalue weighted by Gasteiger charge is -2.11. The fourth-order valence-electron chi connectivity index (χ4n) is 1.82. The number of nitrogens with one attached hydrogen (secondary N) is 1. The average Bonchev–Trinajstić information content (AvgIpc) is 3.32. The maximum absolute atomic E-state index is 12.0. The number of pyridine rings is 1. The van der Waals surface area contributed by atoms with Crippen molar-refractivity contribution in [1.82, 2.24) is 9.99 Å². The number of carboxylic acid groups (broad SMARTS) is 1. The highest BCUT2D eigenvalue weighted by atomic mass is 16.5. The maximum Gasteiger partial charge on any atom is 0.357 e. The number of carbonyl (C=O) groups is 1. The fraction of sp³-hybridized carbons (Fsp3) is 0.333. The molecule has 1 heterocycles. The van der Waals surface area contributed by atoms with Gasteiger partial charge in [0.25, 0.3) is 5.56 Å². The monoisotopic (exact) mass is 318 g/mol. The lowest BCUT2D eigenvalue weighted by atomic mass is 10.2. The predicted molar refractivity (Wildman–Crippen MR) is 82.7 cm³/mol. The third-order valence-electron chi connectivity index (χ3n) is 3.29. The number of aliphatic carboxylic acids is 1. The number of aryl methyl sites for hydroxylation is 1. The molecule has 1 fully saturated rings. The zero-order valence-corrected chi connectivity index (χ0v) is 12.6. The van der Waals surface area contributed by atoms with E-state index in [-0.39, 0.29) is 22.8 Å². The Morgan fingerprint density at radius 2 is 2.26 bits per heavy atom. The maximum atomic E-state index is 12.0. The molecule has 0 spiro atoms. The van der Waals surface area contributed by atoms with E-state index in [2.05, 4.69) is 17.3 Å². The number of ether oxygens (including phenoxy) is 1. The molecule has 8 heteroatoms. The second-order valence-electron chi connectivity index (χ2n) is 5.25. The zero-order valence-electron chi connectivity index (χ0n) is 12.6. The SMILES string of the molecule is Cn1cc(O/C(NN)=C(/N)C(=O)O)cc(C#CCC2CC2)c1=O. The van der Waals surface area contributed by atoms with E-state index in [0.717, 1.165) is 6.42 Å². The van der Waals surface area contributed by atoms with Crippen molar-refractivity contribution in [2.45, 2.75) is 19.3 Å². The lowest BCUT2D eigenvalue weighted by molar-refractivity contribution is -0.132. The van der Waals surface area contributed by atoms with Crippen LogP contribution in [0.5, 0.6) is 5.75 Å². The van der Waals surface area contributed by atoms with E-state index < -0.39 is 11.7 Å². The van der Waals surface area contributed by atoms with Crippen LogP contribution in [0.1, 0.15) is 24.8 Å². The molecule has 8 nitrogen and oxygen atoms in total. The molecular weight excluding hydrogens is 300 g/mol. The van der Waals surface area contributed by atoms with Gasteiger partial charge in [0.1, 0.15) is 5.75 Å². The van der Waals surface area contributed by atoms with Crippen molar-refractivity contribution in [3.63, 3.8) is 0 Å². The van der Waals surface area contributed by atoms with Crippen molar-refractivity contribution in [3.8, 4) is 17.6 Å². The molecule has 23 heavy (non-hydrogen) atoms. The van der Waals surface area contributed by atoms with Gasteiger partial charge in [0.15, 0.2) is 5.70 Å². The summed E-state index contributed by atoms with van der Waals surface area (Å²) in [5, 5.41) is 8.85. The van der Waals surface area contributed by atoms with Gasteiger partial charge >= 0.3 is 5.97 Å². The summed E-state index contributed by atoms with van der Waals surface area (Å²) in [7, 11) is 1.54. The number of nitrogens with two attached hydrogens (primary N) is 2. The molecule has 122 valence electrons. The molecular formula is C15H18N4O4. The van der Waals surface area contributed by atoms with E-state index in [1.54, 1.807) is 7.05 Å². The number of hydrogen-bond acceptors (Lipinski definition) is 6. The van der Waals surface area contributed by atoms with Crippen molar-refractivity contribution >= 4 is 5.97 Å². The topological polar surface area (TPSA) is 133 Å². The second kappa shape index (κ2) is 6.89. The first-order valence-electron chi connectivity index (χ1n) is 6.99. The van der Waals surface area contributed by atoms with Crippen molar-refractivity contribution in [1.29, 1.82) is 0 Å². The van der Waals surface area contributed by atoms with E-state index in [1.165, 1.54) is 29.7 Å². The quantitative estimate of drug-likeness (QED) is 0.191. The predicted octanol–water partition coefficient (Wildman–Crippen LogP) is -0.409. The number of hydrogen-bond donors (Lipinski definition) is 4. The molecule has 6 N–H and O–H groups in total. The lowest BCUT2D eigenvalue weighted by Crippen LogP contribution is -2.31. The minimum atomic E-state index is -1.38. The van der Waals surface area contributed by atoms with Gasteiger partial charge in [0.2, 0.25) is 5.88 Å². The number of aromatic nitrogens is 1. The van der Waals surface area contributed by atoms with Crippen molar-refractivity contribution in [2.24, 2.45) is 24.5 Å². The molecule has 0 amide bonds. The highest BCUT2D eigenvalue weighted by molar-refractivity contribution is 5.85. The summed E-state index contributed by atoms with van der Waals surface area (Å²) in [6.07, 6.45) is 4.51. The number of rotatable bonds is 5. The van der Waals surface area contributed by atoms with Gasteiger partial charge in [-0.15, -0.1) is 0 Å². The van der Waals surface area contributed by atoms with Crippen molar-refractivity contribution in [3.05, 3.63) is 39.8 Å². The van der Waals surface area contributed by atoms with Crippen LogP contribution in [0, 0.1) is 17.8 Å². The van der Waals surface area contributed by atoms with E-state index in [1.807, 2.05) is 0 Å². The molecule has 1 aromatic rings. The molecule has 0 radical (unpaired) electrons. The van der Waals surface area contributed by atoms with E-state index >= 15 is 0 Å². The van der Waals surface area contributed by atoms with Crippen LogP contribution >= 0.6 is 0 Å². The van der Waals surface area contributed by atoms with Gasteiger partial charge in [-0.2, -0.15) is 0 Å². The summed E-state index contributed by atoms with van der Waals surface area (Å²) in [6.45, 7) is 0. The van der Waals surface area contributed by atoms with Crippen LogP contribution in [0.3, 0.4) is 0 Å². The summed E-state index contributed by atoms with van der Waals surface area (Å²) < 4.78 is 6.61. The Hall–Kier alpha value is -2.92. The minimum absolute atomic E-state index is 0.194. The molecule has 1 aliphatic carbocycles. The fourth-order valence-corrected chi connectivity index (χ4v) is 1.82. The van der Waals surface area contributed by atoms with Crippen LogP contribution in [0.4, 0.5) is 0 Å². The van der Waals surface area contributed by atoms with Gasteiger partial charge in [-0.05, 0) is 18.8 Å². The average molecular weight is 318 g/mol. The zero-order chi connectivity index (χ0) is 17.0. The van der Waals surface area contributed by atoms with Crippen LogP contribution in [0.15, 0.2) is 28.6 Å². The largest absolute Gasteiger partial charge is 0.476 e. The highest BCUT2D eigenvalue weighted by Gasteiger charge is 2.19. The Morgan fingerprint density at radius 1 is 1.57 bits per heavy atom. The van der Waals surface area contributed by atoms with Gasteiger partial charge < -0.3 is 20.1 Å². The number of carboxylic acids is 1. The summed E-state index contributed by atoms with van der Waals surface area (Å²) in [6, 6.07) is 1.43. The van der Waals surface area contributed by atoms with Crippen LogP contribution in [-0.4, -0.2) is 15.6 Å². The van der Waals surface area contributed by atoms with Gasteiger partial charge in [0, 0.05) is 25.7 Å². The Bertz CT molecular complexity index is 766. The highest BCUT2D eigenvalue weighted by Crippen LogP contribution is 2.31. The van der Waals surface area contributed by atoms with Crippen LogP contribution in [-0.2, 0) is 11.8 Å². The molecule has 0 bridgehead atoms. The van der Waals surface area contributed by atoms with Gasteiger partial charge in [0.05, 0.1) is 5.56 Å². The van der Waals surface area contributed by atoms with Crippen molar-refractivity contribution < 1.29 is 14.6 Å². The summed E-state index contributed by atoms with van der Waals surface area (Å²) >= 11 is 0. The van der Waals surface area contributed by atoms with Crippen molar-refractivity contribution in [2.75, 3.05) is 0 Å². The molecule has 1 aliphatic rings. The number of hydrazine groups is 1. The van der Waals surface area contributed by atoms with Gasteiger partial charge in [-0.25, -0.2) is 10.6 Å². The summed E-state index contributed by atoms with van der Waals surface area (Å²) in [5.41, 5.74) is 6.85. The third kappa shape index (κ3) is 4.28. The van der Waals surface area contributed by atoms with E-state index in [0.29, 0.717) is 5.92 Å². The first kappa shape index (κ1) is 16.5. The van der Waals surface area contributed by atoms with Crippen LogP contribution in [0.2, 0.25) is 0 Å². The number of nitrogens with zero attached hydrogens (tertiary/aromatic N) is 1. The molecule has 0 aliphatic heterocycles. The first-order valence-corrected chi connectivity index (χ1v) is 6.99. The molecule has 1 aromatic heterocycles. The van der Waals surface area contributed by atoms with E-state index in [4.69, 9.17) is 21.4 Å². The van der Waals surface area contributed by atoms with Crippen LogP contribution in [0.25, 0.3) is 0 Å². The minimum Gasteiger partial charge on any atom is -0.476 e. The first-order chi connectivity index (χ1) is 10.9. The molecule has 1 saturated carbocycles. The standard InChI is InChI=1S/C15H18N4O4/c1-19-8-11(23-13(18-17)12(16)15(21)22)7-10(14(19)20)4-2-3-9-5-6-9/h7-9,18H,3,5-6,16-17H2,1H3,(H,21,22)/b13-12+. The smallest absolute Gasteiger partial charge is 0.357 e. The molecule has 0 atom stereocenters. The Balaban J connectivity index is 2.29. The molecule has 0 saturated heterocycles. The van der Waals surface area contributed by atoms with Gasteiger partial charge in [-0.3, -0.25) is 10.2 Å². The summed E-state index contributed by atoms with van der Waals surface area (Å²) in [4.78, 5) is 22.9. The van der Waals surface area contributed by atoms with Crippen LogP contribution < -0.4 is 27.3 Å². The summed E-state index contributed by atoms with van der Waals surface area (Å²) in [5.74, 6) is 10.1. The third-order valence-corrected chi connectivity index (χ3v) is 3.29. The Labute approximate surface area is 132 Å².